The molecule has 1 aliphatic carbocycles. The summed E-state index contributed by atoms with van der Waals surface area (Å²) in [6, 6.07) is 11.8. The predicted octanol–water partition coefficient (Wildman–Crippen LogP) is 2.19. The molecular formula is C22H28N4O2. The van der Waals surface area contributed by atoms with Crippen LogP contribution in [0.4, 0.5) is 5.82 Å². The third kappa shape index (κ3) is 3.56. The molecule has 28 heavy (non-hydrogen) atoms. The SMILES string of the molecule is COc1ccccc1C1(C(=O)NCc2cccnc2N2CCN(C)CC2)CC1. The first kappa shape index (κ1) is 18.7. The molecule has 2 heterocycles. The number of piperazine rings is 1. The first-order chi connectivity index (χ1) is 13.6. The number of pyridine rings is 1. The van der Waals surface area contributed by atoms with E-state index in [0.717, 1.165) is 61.7 Å². The molecule has 0 radical (unpaired) electrons. The summed E-state index contributed by atoms with van der Waals surface area (Å²) in [5.41, 5.74) is 1.60. The molecule has 1 aromatic carbocycles. The van der Waals surface area contributed by atoms with Crippen molar-refractivity contribution in [1.29, 1.82) is 0 Å². The highest BCUT2D eigenvalue weighted by Crippen LogP contribution is 2.51. The van der Waals surface area contributed by atoms with Crippen LogP contribution in [0, 0.1) is 0 Å². The highest BCUT2D eigenvalue weighted by molar-refractivity contribution is 5.92. The van der Waals surface area contributed by atoms with Crippen LogP contribution >= 0.6 is 0 Å². The van der Waals surface area contributed by atoms with Crippen LogP contribution in [0.25, 0.3) is 0 Å². The van der Waals surface area contributed by atoms with E-state index < -0.39 is 5.41 Å². The summed E-state index contributed by atoms with van der Waals surface area (Å²) in [5, 5.41) is 3.17. The van der Waals surface area contributed by atoms with Gasteiger partial charge < -0.3 is 19.9 Å². The Kier molecular flexibility index (Phi) is 5.22. The molecule has 0 spiro atoms. The Morgan fingerprint density at radius 2 is 1.89 bits per heavy atom. The fourth-order valence-corrected chi connectivity index (χ4v) is 4.00. The molecule has 0 unspecified atom stereocenters. The van der Waals surface area contributed by atoms with E-state index in [1.54, 1.807) is 7.11 Å². The Morgan fingerprint density at radius 1 is 1.14 bits per heavy atom. The van der Waals surface area contributed by atoms with E-state index >= 15 is 0 Å². The van der Waals surface area contributed by atoms with E-state index in [4.69, 9.17) is 4.74 Å². The summed E-state index contributed by atoms with van der Waals surface area (Å²) in [6.07, 6.45) is 3.55. The fraction of sp³-hybridized carbons (Fsp3) is 0.455. The number of amides is 1. The maximum atomic E-state index is 13.1. The summed E-state index contributed by atoms with van der Waals surface area (Å²) in [5.74, 6) is 1.85. The molecule has 6 nitrogen and oxygen atoms in total. The molecule has 2 aliphatic rings. The van der Waals surface area contributed by atoms with Crippen molar-refractivity contribution >= 4 is 11.7 Å². The number of para-hydroxylation sites is 1. The Labute approximate surface area is 166 Å². The lowest BCUT2D eigenvalue weighted by Gasteiger charge is -2.34. The van der Waals surface area contributed by atoms with Gasteiger partial charge in [0.2, 0.25) is 5.91 Å². The van der Waals surface area contributed by atoms with Gasteiger partial charge in [0.1, 0.15) is 11.6 Å². The van der Waals surface area contributed by atoms with Crippen molar-refractivity contribution < 1.29 is 9.53 Å². The number of hydrogen-bond acceptors (Lipinski definition) is 5. The van der Waals surface area contributed by atoms with Gasteiger partial charge in [-0.3, -0.25) is 4.79 Å². The molecule has 148 valence electrons. The second kappa shape index (κ2) is 7.80. The first-order valence-corrected chi connectivity index (χ1v) is 9.93. The van der Waals surface area contributed by atoms with Gasteiger partial charge in [0.15, 0.2) is 0 Å². The minimum atomic E-state index is -0.456. The largest absolute Gasteiger partial charge is 0.496 e. The summed E-state index contributed by atoms with van der Waals surface area (Å²) in [7, 11) is 3.80. The average Bonchev–Trinajstić information content (AvgIpc) is 3.55. The minimum Gasteiger partial charge on any atom is -0.496 e. The first-order valence-electron chi connectivity index (χ1n) is 9.93. The number of ether oxygens (including phenoxy) is 1. The fourth-order valence-electron chi connectivity index (χ4n) is 4.00. The molecule has 0 bridgehead atoms. The molecule has 0 atom stereocenters. The van der Waals surface area contributed by atoms with Crippen molar-refractivity contribution in [1.82, 2.24) is 15.2 Å². The smallest absolute Gasteiger partial charge is 0.231 e. The van der Waals surface area contributed by atoms with Crippen molar-refractivity contribution in [3.05, 3.63) is 53.7 Å². The zero-order chi connectivity index (χ0) is 19.6. The van der Waals surface area contributed by atoms with Crippen LogP contribution in [-0.4, -0.2) is 56.1 Å². The van der Waals surface area contributed by atoms with Crippen LogP contribution < -0.4 is 15.0 Å². The third-order valence-electron chi connectivity index (χ3n) is 5.92. The average molecular weight is 380 g/mol. The maximum absolute atomic E-state index is 13.1. The Hall–Kier alpha value is -2.60. The van der Waals surface area contributed by atoms with Gasteiger partial charge in [-0.2, -0.15) is 0 Å². The van der Waals surface area contributed by atoms with Gasteiger partial charge in [0.05, 0.1) is 12.5 Å². The number of likely N-dealkylation sites (N-methyl/N-ethyl adjacent to an activating group) is 1. The van der Waals surface area contributed by atoms with Crippen molar-refractivity contribution in [3.63, 3.8) is 0 Å². The number of hydrogen-bond donors (Lipinski definition) is 1. The number of carbonyl (C=O) groups is 1. The van der Waals surface area contributed by atoms with E-state index in [9.17, 15) is 4.79 Å². The molecule has 6 heteroatoms. The van der Waals surface area contributed by atoms with E-state index in [1.165, 1.54) is 0 Å². The third-order valence-corrected chi connectivity index (χ3v) is 5.92. The van der Waals surface area contributed by atoms with Crippen molar-refractivity contribution in [2.24, 2.45) is 0 Å². The number of methoxy groups -OCH3 is 1. The van der Waals surface area contributed by atoms with Gasteiger partial charge in [-0.1, -0.05) is 24.3 Å². The number of benzene rings is 1. The Morgan fingerprint density at radius 3 is 2.61 bits per heavy atom. The maximum Gasteiger partial charge on any atom is 0.231 e. The standard InChI is InChI=1S/C22H28N4O2/c1-25-12-14-26(15-13-25)20-17(6-5-11-23-20)16-24-21(27)22(9-10-22)18-7-3-4-8-19(18)28-2/h3-8,11H,9-10,12-16H2,1-2H3,(H,24,27). The summed E-state index contributed by atoms with van der Waals surface area (Å²) >= 11 is 0. The quantitative estimate of drug-likeness (QED) is 0.833. The van der Waals surface area contributed by atoms with Crippen LogP contribution in [-0.2, 0) is 16.8 Å². The van der Waals surface area contributed by atoms with E-state index in [0.29, 0.717) is 6.54 Å². The summed E-state index contributed by atoms with van der Waals surface area (Å²) < 4.78 is 5.49. The molecule has 1 amide bonds. The van der Waals surface area contributed by atoms with Gasteiger partial charge in [-0.05, 0) is 32.0 Å². The van der Waals surface area contributed by atoms with Crippen molar-refractivity contribution in [2.45, 2.75) is 24.8 Å². The Balaban J connectivity index is 1.47. The molecule has 1 aromatic heterocycles. The zero-order valence-corrected chi connectivity index (χ0v) is 16.6. The lowest BCUT2D eigenvalue weighted by atomic mass is 9.94. The number of nitrogens with one attached hydrogen (secondary N) is 1. The number of anilines is 1. The molecule has 1 saturated carbocycles. The second-order valence-electron chi connectivity index (χ2n) is 7.74. The minimum absolute atomic E-state index is 0.0742. The molecular weight excluding hydrogens is 352 g/mol. The van der Waals surface area contributed by atoms with E-state index in [1.807, 2.05) is 36.5 Å². The summed E-state index contributed by atoms with van der Waals surface area (Å²) in [6.45, 7) is 4.46. The Bertz CT molecular complexity index is 842. The molecule has 1 aliphatic heterocycles. The van der Waals surface area contributed by atoms with Crippen molar-refractivity contribution in [3.8, 4) is 5.75 Å². The highest BCUT2D eigenvalue weighted by Gasteiger charge is 2.52. The van der Waals surface area contributed by atoms with Gasteiger partial charge in [-0.25, -0.2) is 4.98 Å². The second-order valence-corrected chi connectivity index (χ2v) is 7.74. The molecule has 2 aromatic rings. The topological polar surface area (TPSA) is 57.7 Å². The van der Waals surface area contributed by atoms with Crippen LogP contribution in [0.2, 0.25) is 0 Å². The molecule has 2 fully saturated rings. The van der Waals surface area contributed by atoms with Gasteiger partial charge >= 0.3 is 0 Å². The van der Waals surface area contributed by atoms with E-state index in [2.05, 4.69) is 33.2 Å². The zero-order valence-electron chi connectivity index (χ0n) is 16.6. The normalized spacial score (nSPS) is 18.6. The van der Waals surface area contributed by atoms with Gasteiger partial charge in [-0.15, -0.1) is 0 Å². The van der Waals surface area contributed by atoms with Crippen LogP contribution in [0.3, 0.4) is 0 Å². The number of nitrogens with zero attached hydrogens (tertiary/aromatic N) is 3. The molecule has 4 rings (SSSR count). The lowest BCUT2D eigenvalue weighted by Crippen LogP contribution is -2.45. The molecule has 1 saturated heterocycles. The monoisotopic (exact) mass is 380 g/mol. The highest BCUT2D eigenvalue weighted by atomic mass is 16.5. The van der Waals surface area contributed by atoms with Crippen LogP contribution in [0.5, 0.6) is 5.75 Å². The molecule has 1 N–H and O–H groups in total. The number of aromatic nitrogens is 1. The number of rotatable bonds is 6. The van der Waals surface area contributed by atoms with E-state index in [-0.39, 0.29) is 5.91 Å². The lowest BCUT2D eigenvalue weighted by molar-refractivity contribution is -0.123. The number of carbonyl (C=O) groups excluding carboxylic acids is 1. The van der Waals surface area contributed by atoms with Gasteiger partial charge in [0.25, 0.3) is 0 Å². The van der Waals surface area contributed by atoms with Crippen LogP contribution in [0.1, 0.15) is 24.0 Å². The summed E-state index contributed by atoms with van der Waals surface area (Å²) in [4.78, 5) is 22.3. The predicted molar refractivity (Wildman–Crippen MR) is 110 cm³/mol. The van der Waals surface area contributed by atoms with Gasteiger partial charge in [0, 0.05) is 50.0 Å². The van der Waals surface area contributed by atoms with Crippen molar-refractivity contribution in [2.75, 3.05) is 45.2 Å². The van der Waals surface area contributed by atoms with Crippen LogP contribution in [0.15, 0.2) is 42.6 Å².